The van der Waals surface area contributed by atoms with E-state index in [0.717, 1.165) is 11.1 Å². The maximum absolute atomic E-state index is 13.4. The number of hydrogen-bond donors (Lipinski definition) is 1. The smallest absolute Gasteiger partial charge is 0.261 e. The SMILES string of the molecule is COc1cc(C#N)ccc1Oc1ncc(-c2ccc(C)cn2)c(C)c1C(=O)Nc1ccccc1.[HH]. The average Bonchev–Trinajstić information content (AvgIpc) is 2.85. The Balaban J connectivity index is 0.00000342. The van der Waals surface area contributed by atoms with Crippen molar-refractivity contribution < 1.29 is 15.7 Å². The largest absolute Gasteiger partial charge is 0.493 e. The van der Waals surface area contributed by atoms with Crippen LogP contribution in [0.25, 0.3) is 11.3 Å². The lowest BCUT2D eigenvalue weighted by molar-refractivity contribution is 0.102. The number of anilines is 1. The Kier molecular flexibility index (Phi) is 6.51. The van der Waals surface area contributed by atoms with E-state index >= 15 is 0 Å². The molecule has 2 heterocycles. The Bertz CT molecular complexity index is 1380. The molecule has 2 aromatic heterocycles. The molecule has 0 radical (unpaired) electrons. The summed E-state index contributed by atoms with van der Waals surface area (Å²) in [4.78, 5) is 22.4. The highest BCUT2D eigenvalue weighted by atomic mass is 16.5. The van der Waals surface area contributed by atoms with Crippen LogP contribution in [0, 0.1) is 25.2 Å². The summed E-state index contributed by atoms with van der Waals surface area (Å²) < 4.78 is 11.4. The first kappa shape index (κ1) is 22.5. The molecule has 0 aliphatic carbocycles. The zero-order chi connectivity index (χ0) is 24.1. The summed E-state index contributed by atoms with van der Waals surface area (Å²) in [6.07, 6.45) is 3.41. The van der Waals surface area contributed by atoms with Gasteiger partial charge >= 0.3 is 0 Å². The first-order chi connectivity index (χ1) is 16.5. The first-order valence-corrected chi connectivity index (χ1v) is 10.5. The van der Waals surface area contributed by atoms with Crippen molar-refractivity contribution in [2.75, 3.05) is 12.4 Å². The summed E-state index contributed by atoms with van der Waals surface area (Å²) in [5.74, 6) is 0.443. The van der Waals surface area contributed by atoms with Crippen LogP contribution in [0.2, 0.25) is 0 Å². The van der Waals surface area contributed by atoms with E-state index in [9.17, 15) is 4.79 Å². The van der Waals surface area contributed by atoms with Gasteiger partial charge in [0.05, 0.1) is 24.4 Å². The molecular formula is C27H24N4O3. The molecule has 0 aliphatic heterocycles. The summed E-state index contributed by atoms with van der Waals surface area (Å²) in [5, 5.41) is 12.1. The van der Waals surface area contributed by atoms with Gasteiger partial charge in [0, 0.05) is 31.1 Å². The standard InChI is InChI=1S/C27H22N4O3.H2/c1-17-9-11-22(29-15-17)21-16-30-27(34-23-12-10-19(14-28)13-24(23)33-3)25(18(21)2)26(32)31-20-7-5-4-6-8-20;/h4-13,15-16H,1-3H3,(H,31,32);1H. The molecule has 0 bridgehead atoms. The number of nitriles is 1. The van der Waals surface area contributed by atoms with E-state index in [2.05, 4.69) is 21.4 Å². The summed E-state index contributed by atoms with van der Waals surface area (Å²) >= 11 is 0. The number of benzene rings is 2. The number of methoxy groups -OCH3 is 1. The van der Waals surface area contributed by atoms with Crippen molar-refractivity contribution in [3.8, 4) is 34.7 Å². The van der Waals surface area contributed by atoms with Gasteiger partial charge in [0.1, 0.15) is 5.56 Å². The fourth-order valence-corrected chi connectivity index (χ4v) is 3.45. The molecule has 7 nitrogen and oxygen atoms in total. The summed E-state index contributed by atoms with van der Waals surface area (Å²) in [7, 11) is 1.48. The van der Waals surface area contributed by atoms with Crippen molar-refractivity contribution >= 4 is 11.6 Å². The Hall–Kier alpha value is -4.70. The van der Waals surface area contributed by atoms with Crippen LogP contribution in [0.15, 0.2) is 73.1 Å². The first-order valence-electron chi connectivity index (χ1n) is 10.5. The zero-order valence-electron chi connectivity index (χ0n) is 19.0. The van der Waals surface area contributed by atoms with Gasteiger partial charge in [0.25, 0.3) is 5.91 Å². The van der Waals surface area contributed by atoms with Crippen molar-refractivity contribution in [1.82, 2.24) is 9.97 Å². The number of pyridine rings is 2. The fourth-order valence-electron chi connectivity index (χ4n) is 3.45. The van der Waals surface area contributed by atoms with Gasteiger partial charge in [-0.15, -0.1) is 0 Å². The normalized spacial score (nSPS) is 10.3. The molecule has 0 spiro atoms. The number of para-hydroxylation sites is 1. The van der Waals surface area contributed by atoms with E-state index in [-0.39, 0.29) is 18.8 Å². The molecule has 4 aromatic rings. The van der Waals surface area contributed by atoms with Crippen molar-refractivity contribution in [2.24, 2.45) is 0 Å². The van der Waals surface area contributed by atoms with Gasteiger partial charge < -0.3 is 14.8 Å². The number of aryl methyl sites for hydroxylation is 1. The zero-order valence-corrected chi connectivity index (χ0v) is 19.0. The predicted molar refractivity (Wildman–Crippen MR) is 131 cm³/mol. The number of nitrogens with zero attached hydrogens (tertiary/aromatic N) is 3. The lowest BCUT2D eigenvalue weighted by Gasteiger charge is -2.17. The lowest BCUT2D eigenvalue weighted by Crippen LogP contribution is -2.16. The van der Waals surface area contributed by atoms with E-state index in [0.29, 0.717) is 34.0 Å². The number of amides is 1. The van der Waals surface area contributed by atoms with Gasteiger partial charge in [0.2, 0.25) is 5.88 Å². The number of carbonyl (C=O) groups excluding carboxylic acids is 1. The fraction of sp³-hybridized carbons (Fsp3) is 0.111. The summed E-state index contributed by atoms with van der Waals surface area (Å²) in [5.41, 5.74) is 4.47. The molecule has 0 saturated carbocycles. The third-order valence-electron chi connectivity index (χ3n) is 5.25. The highest BCUT2D eigenvalue weighted by Gasteiger charge is 2.23. The van der Waals surface area contributed by atoms with Crippen LogP contribution in [0.4, 0.5) is 5.69 Å². The minimum atomic E-state index is -0.368. The van der Waals surface area contributed by atoms with Crippen molar-refractivity contribution in [3.63, 3.8) is 0 Å². The van der Waals surface area contributed by atoms with Crippen LogP contribution in [-0.2, 0) is 0 Å². The van der Waals surface area contributed by atoms with Crippen molar-refractivity contribution in [2.45, 2.75) is 13.8 Å². The quantitative estimate of drug-likeness (QED) is 0.389. The number of nitrogens with one attached hydrogen (secondary N) is 1. The molecule has 1 N–H and O–H groups in total. The van der Waals surface area contributed by atoms with Crippen LogP contribution in [0.5, 0.6) is 17.4 Å². The van der Waals surface area contributed by atoms with Crippen molar-refractivity contribution in [1.29, 1.82) is 5.26 Å². The second-order valence-corrected chi connectivity index (χ2v) is 7.60. The second-order valence-electron chi connectivity index (χ2n) is 7.60. The van der Waals surface area contributed by atoms with Crippen LogP contribution >= 0.6 is 0 Å². The second kappa shape index (κ2) is 9.84. The number of carbonyl (C=O) groups is 1. The lowest BCUT2D eigenvalue weighted by atomic mass is 10.0. The van der Waals surface area contributed by atoms with E-state index in [1.165, 1.54) is 7.11 Å². The van der Waals surface area contributed by atoms with Gasteiger partial charge in [-0.3, -0.25) is 9.78 Å². The number of ether oxygens (including phenoxy) is 2. The molecule has 0 aliphatic rings. The topological polar surface area (TPSA) is 97.1 Å². The Morgan fingerprint density at radius 3 is 2.47 bits per heavy atom. The van der Waals surface area contributed by atoms with Gasteiger partial charge in [-0.25, -0.2) is 4.98 Å². The molecule has 0 atom stereocenters. The number of rotatable bonds is 6. The van der Waals surface area contributed by atoms with Crippen LogP contribution in [0.1, 0.15) is 28.5 Å². The average molecular weight is 453 g/mol. The Morgan fingerprint density at radius 2 is 1.79 bits per heavy atom. The van der Waals surface area contributed by atoms with E-state index in [4.69, 9.17) is 14.7 Å². The van der Waals surface area contributed by atoms with Crippen LogP contribution in [-0.4, -0.2) is 23.0 Å². The number of aromatic nitrogens is 2. The highest BCUT2D eigenvalue weighted by Crippen LogP contribution is 2.36. The van der Waals surface area contributed by atoms with Gasteiger partial charge in [-0.05, 0) is 55.3 Å². The molecule has 170 valence electrons. The Labute approximate surface area is 199 Å². The third kappa shape index (κ3) is 4.71. The molecule has 2 aromatic carbocycles. The molecule has 1 amide bonds. The summed E-state index contributed by atoms with van der Waals surface area (Å²) in [6, 6.07) is 19.9. The molecular weight excluding hydrogens is 428 g/mol. The van der Waals surface area contributed by atoms with Crippen molar-refractivity contribution in [3.05, 3.63) is 95.3 Å². The third-order valence-corrected chi connectivity index (χ3v) is 5.25. The van der Waals surface area contributed by atoms with Crippen LogP contribution < -0.4 is 14.8 Å². The number of hydrogen-bond acceptors (Lipinski definition) is 6. The minimum absolute atomic E-state index is 0. The predicted octanol–water partition coefficient (Wildman–Crippen LogP) is 5.93. The highest BCUT2D eigenvalue weighted by molar-refractivity contribution is 6.07. The maximum atomic E-state index is 13.4. The van der Waals surface area contributed by atoms with E-state index in [1.807, 2.05) is 44.2 Å². The molecule has 4 rings (SSSR count). The maximum Gasteiger partial charge on any atom is 0.261 e. The molecule has 0 unspecified atom stereocenters. The monoisotopic (exact) mass is 452 g/mol. The molecule has 0 fully saturated rings. The molecule has 34 heavy (non-hydrogen) atoms. The Morgan fingerprint density at radius 1 is 1.00 bits per heavy atom. The summed E-state index contributed by atoms with van der Waals surface area (Å²) in [6.45, 7) is 3.80. The minimum Gasteiger partial charge on any atom is -0.493 e. The van der Waals surface area contributed by atoms with Gasteiger partial charge in [-0.1, -0.05) is 24.3 Å². The van der Waals surface area contributed by atoms with E-state index < -0.39 is 0 Å². The molecule has 7 heteroatoms. The van der Waals surface area contributed by atoms with Gasteiger partial charge in [-0.2, -0.15) is 5.26 Å². The molecule has 0 saturated heterocycles. The van der Waals surface area contributed by atoms with Crippen LogP contribution in [0.3, 0.4) is 0 Å². The van der Waals surface area contributed by atoms with E-state index in [1.54, 1.807) is 42.7 Å². The van der Waals surface area contributed by atoms with Gasteiger partial charge in [0.15, 0.2) is 11.5 Å².